The van der Waals surface area contributed by atoms with Gasteiger partial charge in [0.1, 0.15) is 0 Å². The van der Waals surface area contributed by atoms with E-state index in [1.54, 1.807) is 0 Å². The highest BCUT2D eigenvalue weighted by atomic mass is 14.9. The first kappa shape index (κ1) is 6.65. The van der Waals surface area contributed by atoms with Crippen LogP contribution in [0.4, 0.5) is 5.69 Å². The fourth-order valence-electron chi connectivity index (χ4n) is 1.39. The van der Waals surface area contributed by atoms with Crippen molar-refractivity contribution in [3.63, 3.8) is 0 Å². The van der Waals surface area contributed by atoms with Gasteiger partial charge in [-0.1, -0.05) is 0 Å². The molecule has 0 aromatic carbocycles. The largest absolute Gasteiger partial charge is 0.285 e. The zero-order valence-corrected chi connectivity index (χ0v) is 6.45. The van der Waals surface area contributed by atoms with E-state index < -0.39 is 0 Å². The molecule has 0 amide bonds. The molecule has 2 rings (SSSR count). The smallest absolute Gasteiger partial charge is 0.0636 e. The highest BCUT2D eigenvalue weighted by Crippen LogP contribution is 2.19. The number of aryl methyl sites for hydroxylation is 1. The van der Waals surface area contributed by atoms with Gasteiger partial charge in [0.15, 0.2) is 0 Å². The van der Waals surface area contributed by atoms with E-state index in [2.05, 4.69) is 10.3 Å². The Kier molecular flexibility index (Phi) is 1.76. The van der Waals surface area contributed by atoms with Crippen LogP contribution < -0.4 is 5.32 Å². The Bertz CT molecular complexity index is 220. The molecule has 11 heavy (non-hydrogen) atoms. The zero-order valence-electron chi connectivity index (χ0n) is 6.45. The molecule has 0 atom stereocenters. The Balaban J connectivity index is 2.33. The number of hydrogen-bond acceptors (Lipinski definition) is 1. The molecule has 1 aliphatic rings. The van der Waals surface area contributed by atoms with Crippen molar-refractivity contribution in [1.82, 2.24) is 10.3 Å². The maximum Gasteiger partial charge on any atom is 0.0636 e. The molecule has 1 aromatic heterocycles. The molecule has 1 aromatic rings. The fourth-order valence-corrected chi connectivity index (χ4v) is 1.39. The van der Waals surface area contributed by atoms with Crippen molar-refractivity contribution in [1.29, 1.82) is 0 Å². The molecule has 1 radical (unpaired) electrons. The van der Waals surface area contributed by atoms with Crippen molar-refractivity contribution < 1.29 is 0 Å². The van der Waals surface area contributed by atoms with Crippen LogP contribution in [0, 0.1) is 0 Å². The van der Waals surface area contributed by atoms with E-state index in [9.17, 15) is 0 Å². The lowest BCUT2D eigenvalue weighted by Gasteiger charge is -2.01. The lowest BCUT2D eigenvalue weighted by Crippen LogP contribution is -1.97. The van der Waals surface area contributed by atoms with E-state index in [-0.39, 0.29) is 0 Å². The van der Waals surface area contributed by atoms with Crippen LogP contribution >= 0.6 is 0 Å². The minimum absolute atomic E-state index is 0.983. The van der Waals surface area contributed by atoms with Crippen molar-refractivity contribution in [3.05, 3.63) is 24.0 Å². The summed E-state index contributed by atoms with van der Waals surface area (Å²) in [5.41, 5.74) is 2.46. The maximum atomic E-state index is 4.45. The average molecular weight is 147 g/mol. The summed E-state index contributed by atoms with van der Waals surface area (Å²) < 4.78 is 0. The first-order valence-electron chi connectivity index (χ1n) is 4.07. The van der Waals surface area contributed by atoms with Gasteiger partial charge in [0.05, 0.1) is 5.69 Å². The molecule has 0 bridgehead atoms. The molecule has 0 unspecified atom stereocenters. The van der Waals surface area contributed by atoms with E-state index in [1.165, 1.54) is 18.4 Å². The Hall–Kier alpha value is -1.05. The number of pyridine rings is 1. The summed E-state index contributed by atoms with van der Waals surface area (Å²) in [6, 6.07) is 2.00. The van der Waals surface area contributed by atoms with Crippen molar-refractivity contribution >= 4 is 5.69 Å². The lowest BCUT2D eigenvalue weighted by molar-refractivity contribution is 0.726. The van der Waals surface area contributed by atoms with Gasteiger partial charge in [-0.25, -0.2) is 0 Å². The van der Waals surface area contributed by atoms with Gasteiger partial charge in [0.25, 0.3) is 0 Å². The normalized spacial score (nSPS) is 16.4. The standard InChI is InChI=1S/C9H11N2/c1-2-5-11-9-4-6-10-7-8(9)3-1/h4,6-7H,1-3,5H2. The summed E-state index contributed by atoms with van der Waals surface area (Å²) in [5.74, 6) is 0. The van der Waals surface area contributed by atoms with Gasteiger partial charge in [-0.15, -0.1) is 0 Å². The van der Waals surface area contributed by atoms with E-state index in [4.69, 9.17) is 0 Å². The number of hydrogen-bond donors (Lipinski definition) is 0. The third-order valence-corrected chi connectivity index (χ3v) is 2.01. The van der Waals surface area contributed by atoms with Gasteiger partial charge >= 0.3 is 0 Å². The van der Waals surface area contributed by atoms with Crippen LogP contribution in [-0.2, 0) is 6.42 Å². The first-order valence-corrected chi connectivity index (χ1v) is 4.07. The first-order chi connectivity index (χ1) is 5.47. The van der Waals surface area contributed by atoms with Crippen molar-refractivity contribution in [2.75, 3.05) is 6.54 Å². The predicted molar refractivity (Wildman–Crippen MR) is 43.8 cm³/mol. The summed E-state index contributed by atoms with van der Waals surface area (Å²) in [6.45, 7) is 0.983. The van der Waals surface area contributed by atoms with Crippen LogP contribution in [0.1, 0.15) is 18.4 Å². The molecule has 0 spiro atoms. The van der Waals surface area contributed by atoms with Gasteiger partial charge in [0, 0.05) is 18.9 Å². The second kappa shape index (κ2) is 2.91. The minimum Gasteiger partial charge on any atom is -0.285 e. The lowest BCUT2D eigenvalue weighted by atomic mass is 10.1. The summed E-state index contributed by atoms with van der Waals surface area (Å²) in [5, 5.41) is 4.45. The molecule has 0 N–H and O–H groups in total. The van der Waals surface area contributed by atoms with Crippen molar-refractivity contribution in [2.45, 2.75) is 19.3 Å². The third-order valence-electron chi connectivity index (χ3n) is 2.01. The third kappa shape index (κ3) is 1.34. The van der Waals surface area contributed by atoms with Gasteiger partial charge in [0.2, 0.25) is 0 Å². The van der Waals surface area contributed by atoms with Crippen molar-refractivity contribution in [3.8, 4) is 0 Å². The molecule has 1 aliphatic heterocycles. The van der Waals surface area contributed by atoms with Crippen LogP contribution in [0.15, 0.2) is 18.5 Å². The van der Waals surface area contributed by atoms with Crippen LogP contribution in [0.2, 0.25) is 0 Å². The molecule has 0 aliphatic carbocycles. The van der Waals surface area contributed by atoms with E-state index in [1.807, 2.05) is 18.5 Å². The number of nitrogens with zero attached hydrogens (tertiary/aromatic N) is 2. The molecule has 2 heteroatoms. The summed E-state index contributed by atoms with van der Waals surface area (Å²) in [6.07, 6.45) is 7.36. The molecular weight excluding hydrogens is 136 g/mol. The van der Waals surface area contributed by atoms with Gasteiger partial charge in [-0.3, -0.25) is 10.3 Å². The van der Waals surface area contributed by atoms with Gasteiger partial charge < -0.3 is 0 Å². The Morgan fingerprint density at radius 3 is 3.27 bits per heavy atom. The number of aromatic nitrogens is 1. The van der Waals surface area contributed by atoms with Crippen LogP contribution in [0.25, 0.3) is 0 Å². The Morgan fingerprint density at radius 2 is 2.27 bits per heavy atom. The monoisotopic (exact) mass is 147 g/mol. The molecular formula is C9H11N2. The average Bonchev–Trinajstić information content (AvgIpc) is 2.28. The number of fused-ring (bicyclic) bond motifs is 1. The molecule has 2 nitrogen and oxygen atoms in total. The maximum absolute atomic E-state index is 4.45. The van der Waals surface area contributed by atoms with E-state index >= 15 is 0 Å². The highest BCUT2D eigenvalue weighted by Gasteiger charge is 2.06. The van der Waals surface area contributed by atoms with Gasteiger partial charge in [-0.2, -0.15) is 0 Å². The number of rotatable bonds is 0. The minimum atomic E-state index is 0.983. The molecule has 0 saturated heterocycles. The van der Waals surface area contributed by atoms with E-state index in [0.717, 1.165) is 18.7 Å². The Labute approximate surface area is 66.7 Å². The molecule has 0 saturated carbocycles. The summed E-state index contributed by atoms with van der Waals surface area (Å²) in [4.78, 5) is 4.08. The molecule has 2 heterocycles. The van der Waals surface area contributed by atoms with Gasteiger partial charge in [-0.05, 0) is 30.9 Å². The predicted octanol–water partition coefficient (Wildman–Crippen LogP) is 1.65. The van der Waals surface area contributed by atoms with Crippen LogP contribution in [-0.4, -0.2) is 11.5 Å². The quantitative estimate of drug-likeness (QED) is 0.548. The molecule has 57 valence electrons. The van der Waals surface area contributed by atoms with Crippen molar-refractivity contribution in [2.24, 2.45) is 0 Å². The SMILES string of the molecule is c1cc2c(cn1)CCCC[N]2. The summed E-state index contributed by atoms with van der Waals surface area (Å²) >= 11 is 0. The second-order valence-corrected chi connectivity index (χ2v) is 2.84. The van der Waals surface area contributed by atoms with Crippen LogP contribution in [0.3, 0.4) is 0 Å². The topological polar surface area (TPSA) is 27.0 Å². The van der Waals surface area contributed by atoms with Crippen LogP contribution in [0.5, 0.6) is 0 Å². The highest BCUT2D eigenvalue weighted by molar-refractivity contribution is 5.43. The second-order valence-electron chi connectivity index (χ2n) is 2.84. The zero-order chi connectivity index (χ0) is 7.52. The fraction of sp³-hybridized carbons (Fsp3) is 0.444. The summed E-state index contributed by atoms with van der Waals surface area (Å²) in [7, 11) is 0. The molecule has 0 fully saturated rings. The van der Waals surface area contributed by atoms with E-state index in [0.29, 0.717) is 0 Å². The Morgan fingerprint density at radius 1 is 1.27 bits per heavy atom.